The molecule has 1 fully saturated rings. The summed E-state index contributed by atoms with van der Waals surface area (Å²) in [5.74, 6) is 0.560. The predicted molar refractivity (Wildman–Crippen MR) is 94.5 cm³/mol. The van der Waals surface area contributed by atoms with Crippen LogP contribution >= 0.6 is 11.8 Å². The molecular formula is C18H27NO4S. The number of carbonyl (C=O) groups is 2. The van der Waals surface area contributed by atoms with Gasteiger partial charge in [0.25, 0.3) is 0 Å². The van der Waals surface area contributed by atoms with Gasteiger partial charge >= 0.3 is 5.97 Å². The molecule has 2 unspecified atom stereocenters. The number of furan rings is 1. The lowest BCUT2D eigenvalue weighted by atomic mass is 10.1. The lowest BCUT2D eigenvalue weighted by Crippen LogP contribution is -2.44. The van der Waals surface area contributed by atoms with Gasteiger partial charge in [-0.25, -0.2) is 4.79 Å². The van der Waals surface area contributed by atoms with Crippen molar-refractivity contribution in [1.29, 1.82) is 0 Å². The largest absolute Gasteiger partial charge is 0.472 e. The fourth-order valence-electron chi connectivity index (χ4n) is 2.67. The molecule has 0 saturated carbocycles. The van der Waals surface area contributed by atoms with E-state index in [0.717, 1.165) is 24.8 Å². The van der Waals surface area contributed by atoms with E-state index < -0.39 is 6.04 Å². The van der Waals surface area contributed by atoms with Crippen molar-refractivity contribution in [2.24, 2.45) is 5.92 Å². The van der Waals surface area contributed by atoms with Crippen molar-refractivity contribution < 1.29 is 18.7 Å². The maximum absolute atomic E-state index is 12.8. The Morgan fingerprint density at radius 3 is 2.83 bits per heavy atom. The summed E-state index contributed by atoms with van der Waals surface area (Å²) in [4.78, 5) is 26.9. The summed E-state index contributed by atoms with van der Waals surface area (Å²) in [6.45, 7) is 6.49. The molecule has 0 bridgehead atoms. The Kier molecular flexibility index (Phi) is 7.21. The molecule has 0 radical (unpaired) electrons. The monoisotopic (exact) mass is 353 g/mol. The van der Waals surface area contributed by atoms with Gasteiger partial charge in [-0.1, -0.05) is 33.6 Å². The summed E-state index contributed by atoms with van der Waals surface area (Å²) in [5, 5.41) is -0.172. The number of unbranched alkanes of at least 4 members (excludes halogenated alkanes) is 2. The smallest absolute Gasteiger partial charge is 0.329 e. The molecular weight excluding hydrogens is 326 g/mol. The first kappa shape index (κ1) is 18.9. The van der Waals surface area contributed by atoms with Crippen molar-refractivity contribution in [2.45, 2.75) is 57.9 Å². The predicted octanol–water partition coefficient (Wildman–Crippen LogP) is 4.00. The first-order valence-corrected chi connectivity index (χ1v) is 9.71. The minimum Gasteiger partial charge on any atom is -0.472 e. The number of nitrogens with zero attached hydrogens (tertiary/aromatic N) is 1. The molecule has 134 valence electrons. The first-order valence-electron chi connectivity index (χ1n) is 8.66. The maximum Gasteiger partial charge on any atom is 0.329 e. The Bertz CT molecular complexity index is 529. The Labute approximate surface area is 148 Å². The number of carbonyl (C=O) groups excluding carboxylic acids is 2. The Morgan fingerprint density at radius 1 is 1.42 bits per heavy atom. The van der Waals surface area contributed by atoms with Crippen LogP contribution in [0.25, 0.3) is 0 Å². The normalized spacial score (nSPS) is 20.6. The highest BCUT2D eigenvalue weighted by atomic mass is 32.2. The van der Waals surface area contributed by atoms with Crippen LogP contribution in [0.4, 0.5) is 0 Å². The van der Waals surface area contributed by atoms with Crippen molar-refractivity contribution in [2.75, 3.05) is 12.4 Å². The second-order valence-electron chi connectivity index (χ2n) is 6.54. The third-order valence-electron chi connectivity index (χ3n) is 3.94. The van der Waals surface area contributed by atoms with Gasteiger partial charge in [0.1, 0.15) is 11.4 Å². The van der Waals surface area contributed by atoms with Gasteiger partial charge in [-0.15, -0.1) is 11.8 Å². The summed E-state index contributed by atoms with van der Waals surface area (Å²) in [7, 11) is 0. The Morgan fingerprint density at radius 2 is 2.21 bits per heavy atom. The molecule has 1 aliphatic heterocycles. The van der Waals surface area contributed by atoms with Crippen LogP contribution in [0.5, 0.6) is 0 Å². The Hall–Kier alpha value is -1.43. The van der Waals surface area contributed by atoms with E-state index in [1.54, 1.807) is 29.2 Å². The van der Waals surface area contributed by atoms with Crippen LogP contribution in [0.1, 0.15) is 57.4 Å². The van der Waals surface area contributed by atoms with E-state index >= 15 is 0 Å². The zero-order valence-electron chi connectivity index (χ0n) is 14.7. The van der Waals surface area contributed by atoms with E-state index in [-0.39, 0.29) is 23.2 Å². The van der Waals surface area contributed by atoms with E-state index in [1.165, 1.54) is 0 Å². The molecule has 2 atom stereocenters. The molecule has 1 aliphatic rings. The second-order valence-corrected chi connectivity index (χ2v) is 7.65. The zero-order valence-corrected chi connectivity index (χ0v) is 15.5. The van der Waals surface area contributed by atoms with Gasteiger partial charge in [0.05, 0.1) is 19.1 Å². The number of ether oxygens (including phenoxy) is 1. The van der Waals surface area contributed by atoms with Gasteiger partial charge in [0, 0.05) is 17.7 Å². The van der Waals surface area contributed by atoms with Gasteiger partial charge in [-0.2, -0.15) is 0 Å². The summed E-state index contributed by atoms with van der Waals surface area (Å²) >= 11 is 1.59. The van der Waals surface area contributed by atoms with Gasteiger partial charge < -0.3 is 14.1 Å². The van der Waals surface area contributed by atoms with E-state index in [4.69, 9.17) is 9.15 Å². The fraction of sp³-hybridized carbons (Fsp3) is 0.667. The van der Waals surface area contributed by atoms with Crippen molar-refractivity contribution >= 4 is 23.6 Å². The number of thioether (sulfide) groups is 1. The van der Waals surface area contributed by atoms with Crippen LogP contribution in [0.2, 0.25) is 0 Å². The van der Waals surface area contributed by atoms with Gasteiger partial charge in [-0.3, -0.25) is 4.79 Å². The minimum absolute atomic E-state index is 0.0196. The van der Waals surface area contributed by atoms with Crippen molar-refractivity contribution in [1.82, 2.24) is 4.90 Å². The highest BCUT2D eigenvalue weighted by Crippen LogP contribution is 2.42. The summed E-state index contributed by atoms with van der Waals surface area (Å²) in [5.41, 5.74) is 0.919. The molecule has 2 rings (SSSR count). The molecule has 0 aromatic carbocycles. The molecule has 1 aromatic rings. The van der Waals surface area contributed by atoms with Crippen LogP contribution in [-0.4, -0.2) is 35.2 Å². The van der Waals surface area contributed by atoms with Crippen LogP contribution in [0.15, 0.2) is 23.0 Å². The van der Waals surface area contributed by atoms with Crippen molar-refractivity contribution in [3.8, 4) is 0 Å². The number of hydrogen-bond donors (Lipinski definition) is 0. The van der Waals surface area contributed by atoms with E-state index in [2.05, 4.69) is 6.92 Å². The standard InChI is InChI=1S/C18H27NO4S/c1-4-5-6-7-16(20)19-15(18(21)23-10-13(2)3)12-24-17(19)14-8-9-22-11-14/h8-9,11,13,15,17H,4-7,10,12H2,1-3H3. The summed E-state index contributed by atoms with van der Waals surface area (Å²) in [6.07, 6.45) is 6.64. The average Bonchev–Trinajstić information content (AvgIpc) is 3.21. The van der Waals surface area contributed by atoms with Crippen LogP contribution in [-0.2, 0) is 14.3 Å². The van der Waals surface area contributed by atoms with Crippen LogP contribution < -0.4 is 0 Å². The summed E-state index contributed by atoms with van der Waals surface area (Å²) in [6, 6.07) is 1.34. The van der Waals surface area contributed by atoms with Crippen molar-refractivity contribution in [3.05, 3.63) is 24.2 Å². The molecule has 1 amide bonds. The molecule has 0 N–H and O–H groups in total. The third-order valence-corrected chi connectivity index (χ3v) is 5.27. The van der Waals surface area contributed by atoms with E-state index in [1.807, 2.05) is 19.9 Å². The van der Waals surface area contributed by atoms with Gasteiger partial charge in [0.15, 0.2) is 0 Å². The molecule has 0 spiro atoms. The molecule has 0 aliphatic carbocycles. The third kappa shape index (κ3) is 4.79. The number of hydrogen-bond acceptors (Lipinski definition) is 5. The van der Waals surface area contributed by atoms with Gasteiger partial charge in [0.2, 0.25) is 5.91 Å². The lowest BCUT2D eigenvalue weighted by molar-refractivity contribution is -0.155. The zero-order chi connectivity index (χ0) is 17.5. The lowest BCUT2D eigenvalue weighted by Gasteiger charge is -2.28. The topological polar surface area (TPSA) is 59.8 Å². The number of amides is 1. The SMILES string of the molecule is CCCCCC(=O)N1C(C(=O)OCC(C)C)CSC1c1ccoc1. The summed E-state index contributed by atoms with van der Waals surface area (Å²) < 4.78 is 10.6. The molecule has 5 nitrogen and oxygen atoms in total. The van der Waals surface area contributed by atoms with Crippen molar-refractivity contribution in [3.63, 3.8) is 0 Å². The van der Waals surface area contributed by atoms with Crippen LogP contribution in [0, 0.1) is 5.92 Å². The molecule has 1 aromatic heterocycles. The van der Waals surface area contributed by atoms with E-state index in [0.29, 0.717) is 18.8 Å². The first-order chi connectivity index (χ1) is 11.5. The Balaban J connectivity index is 2.10. The minimum atomic E-state index is -0.511. The molecule has 1 saturated heterocycles. The molecule has 2 heterocycles. The quantitative estimate of drug-likeness (QED) is 0.522. The number of rotatable bonds is 8. The molecule has 24 heavy (non-hydrogen) atoms. The van der Waals surface area contributed by atoms with E-state index in [9.17, 15) is 9.59 Å². The second kappa shape index (κ2) is 9.16. The maximum atomic E-state index is 12.8. The fourth-order valence-corrected chi connectivity index (χ4v) is 4.08. The number of esters is 1. The molecule has 6 heteroatoms. The highest BCUT2D eigenvalue weighted by Gasteiger charge is 2.43. The average molecular weight is 353 g/mol. The highest BCUT2D eigenvalue weighted by molar-refractivity contribution is 7.99. The van der Waals surface area contributed by atoms with Gasteiger partial charge in [-0.05, 0) is 18.4 Å². The van der Waals surface area contributed by atoms with Crippen LogP contribution in [0.3, 0.4) is 0 Å².